The van der Waals surface area contributed by atoms with Crippen molar-refractivity contribution < 1.29 is 4.52 Å². The molecule has 0 fully saturated rings. The van der Waals surface area contributed by atoms with Crippen molar-refractivity contribution in [2.45, 2.75) is 26.4 Å². The molecule has 1 heterocycles. The van der Waals surface area contributed by atoms with Gasteiger partial charge in [0.15, 0.2) is 5.76 Å². The van der Waals surface area contributed by atoms with Gasteiger partial charge in [0.05, 0.1) is 16.2 Å². The van der Waals surface area contributed by atoms with Gasteiger partial charge in [0.2, 0.25) is 0 Å². The van der Waals surface area contributed by atoms with Crippen LogP contribution in [0.5, 0.6) is 0 Å². The van der Waals surface area contributed by atoms with E-state index < -0.39 is 0 Å². The third-order valence-electron chi connectivity index (χ3n) is 2.53. The van der Waals surface area contributed by atoms with Crippen molar-refractivity contribution in [1.82, 2.24) is 10.5 Å². The summed E-state index contributed by atoms with van der Waals surface area (Å²) in [5.41, 5.74) is 1.88. The van der Waals surface area contributed by atoms with Crippen LogP contribution in [-0.2, 0) is 6.54 Å². The Balaban J connectivity index is 2.27. The summed E-state index contributed by atoms with van der Waals surface area (Å²) in [6, 6.07) is 5.81. The van der Waals surface area contributed by atoms with Crippen LogP contribution in [-0.4, -0.2) is 11.2 Å². The molecule has 0 aliphatic rings. The summed E-state index contributed by atoms with van der Waals surface area (Å²) in [5.74, 6) is 0.724. The lowest BCUT2D eigenvalue weighted by atomic mass is 10.1. The average Bonchev–Trinajstić information content (AvgIpc) is 2.78. The molecule has 5 heteroatoms. The molecule has 0 aliphatic carbocycles. The van der Waals surface area contributed by atoms with E-state index in [0.29, 0.717) is 22.6 Å². The predicted molar refractivity (Wildman–Crippen MR) is 73.9 cm³/mol. The molecule has 96 valence electrons. The largest absolute Gasteiger partial charge is 0.356 e. The first-order valence-corrected chi connectivity index (χ1v) is 6.46. The number of nitrogens with one attached hydrogen (secondary N) is 1. The summed E-state index contributed by atoms with van der Waals surface area (Å²) in [7, 11) is 0. The highest BCUT2D eigenvalue weighted by molar-refractivity contribution is 6.42. The molecule has 1 aromatic carbocycles. The maximum Gasteiger partial charge on any atom is 0.171 e. The second-order valence-corrected chi connectivity index (χ2v) is 5.16. The molecule has 0 spiro atoms. The van der Waals surface area contributed by atoms with E-state index in [0.717, 1.165) is 16.9 Å². The molecule has 1 aromatic heterocycles. The molecule has 0 bridgehead atoms. The van der Waals surface area contributed by atoms with E-state index in [-0.39, 0.29) is 0 Å². The number of aromatic nitrogens is 1. The van der Waals surface area contributed by atoms with Crippen molar-refractivity contribution in [2.75, 3.05) is 0 Å². The van der Waals surface area contributed by atoms with Crippen molar-refractivity contribution >= 4 is 23.2 Å². The van der Waals surface area contributed by atoms with Gasteiger partial charge in [-0.2, -0.15) is 0 Å². The normalized spacial score (nSPS) is 11.2. The van der Waals surface area contributed by atoms with Crippen molar-refractivity contribution in [3.05, 3.63) is 40.0 Å². The van der Waals surface area contributed by atoms with E-state index in [2.05, 4.69) is 24.3 Å². The third kappa shape index (κ3) is 3.05. The van der Waals surface area contributed by atoms with Gasteiger partial charge in [0.1, 0.15) is 0 Å². The lowest BCUT2D eigenvalue weighted by Gasteiger charge is -2.07. The summed E-state index contributed by atoms with van der Waals surface area (Å²) in [4.78, 5) is 0. The van der Waals surface area contributed by atoms with Crippen LogP contribution in [0.15, 0.2) is 28.9 Å². The Bertz CT molecular complexity index is 538. The van der Waals surface area contributed by atoms with Gasteiger partial charge >= 0.3 is 0 Å². The van der Waals surface area contributed by atoms with Crippen LogP contribution in [0, 0.1) is 0 Å². The second kappa shape index (κ2) is 5.74. The summed E-state index contributed by atoms with van der Waals surface area (Å²) < 4.78 is 5.29. The number of benzene rings is 1. The van der Waals surface area contributed by atoms with Crippen molar-refractivity contribution in [2.24, 2.45) is 0 Å². The fourth-order valence-corrected chi connectivity index (χ4v) is 1.87. The molecule has 3 nitrogen and oxygen atoms in total. The van der Waals surface area contributed by atoms with E-state index in [1.807, 2.05) is 6.07 Å². The van der Waals surface area contributed by atoms with Gasteiger partial charge in [0.25, 0.3) is 0 Å². The summed E-state index contributed by atoms with van der Waals surface area (Å²) in [6.45, 7) is 4.88. The molecular weight excluding hydrogens is 271 g/mol. The summed E-state index contributed by atoms with van der Waals surface area (Å²) in [5, 5.41) is 8.20. The zero-order chi connectivity index (χ0) is 13.1. The molecule has 0 aliphatic heterocycles. The van der Waals surface area contributed by atoms with Gasteiger partial charge in [-0.05, 0) is 18.2 Å². The molecule has 0 amide bonds. The fourth-order valence-electron chi connectivity index (χ4n) is 1.58. The Hall–Kier alpha value is -1.03. The monoisotopic (exact) mass is 284 g/mol. The molecule has 2 aromatic rings. The van der Waals surface area contributed by atoms with Crippen LogP contribution in [0.3, 0.4) is 0 Å². The highest BCUT2D eigenvalue weighted by Gasteiger charge is 2.12. The molecule has 18 heavy (non-hydrogen) atoms. The number of rotatable bonds is 4. The van der Waals surface area contributed by atoms with Crippen molar-refractivity contribution in [3.8, 4) is 11.3 Å². The number of hydrogen-bond donors (Lipinski definition) is 1. The number of nitrogens with zero attached hydrogens (tertiary/aromatic N) is 1. The minimum absolute atomic E-state index is 0.404. The fraction of sp³-hybridized carbons (Fsp3) is 0.308. The third-order valence-corrected chi connectivity index (χ3v) is 3.27. The molecule has 1 N–H and O–H groups in total. The minimum Gasteiger partial charge on any atom is -0.356 e. The van der Waals surface area contributed by atoms with Crippen LogP contribution in [0.1, 0.15) is 19.4 Å². The van der Waals surface area contributed by atoms with E-state index in [4.69, 9.17) is 27.7 Å². The number of hydrogen-bond acceptors (Lipinski definition) is 3. The van der Waals surface area contributed by atoms with E-state index in [1.54, 1.807) is 18.3 Å². The molecular formula is C13H14Cl2N2O. The Morgan fingerprint density at radius 2 is 2.06 bits per heavy atom. The van der Waals surface area contributed by atoms with Crippen LogP contribution < -0.4 is 5.32 Å². The maximum absolute atomic E-state index is 6.00. The van der Waals surface area contributed by atoms with Crippen LogP contribution in [0.4, 0.5) is 0 Å². The molecule has 0 saturated heterocycles. The Morgan fingerprint density at radius 1 is 1.28 bits per heavy atom. The van der Waals surface area contributed by atoms with E-state index in [9.17, 15) is 0 Å². The topological polar surface area (TPSA) is 38.1 Å². The molecule has 0 atom stereocenters. The first-order chi connectivity index (χ1) is 8.58. The van der Waals surface area contributed by atoms with Crippen molar-refractivity contribution in [3.63, 3.8) is 0 Å². The zero-order valence-corrected chi connectivity index (χ0v) is 11.7. The quantitative estimate of drug-likeness (QED) is 0.917. The minimum atomic E-state index is 0.404. The SMILES string of the molecule is CC(C)NCc1cnoc1-c1ccc(Cl)c(Cl)c1. The highest BCUT2D eigenvalue weighted by atomic mass is 35.5. The molecule has 0 saturated carbocycles. The lowest BCUT2D eigenvalue weighted by molar-refractivity contribution is 0.431. The van der Waals surface area contributed by atoms with Crippen LogP contribution in [0.25, 0.3) is 11.3 Å². The molecule has 0 unspecified atom stereocenters. The van der Waals surface area contributed by atoms with Gasteiger partial charge in [-0.15, -0.1) is 0 Å². The number of halogens is 2. The van der Waals surface area contributed by atoms with E-state index in [1.165, 1.54) is 0 Å². The Labute approximate surface area is 116 Å². The van der Waals surface area contributed by atoms with E-state index >= 15 is 0 Å². The zero-order valence-electron chi connectivity index (χ0n) is 10.2. The Morgan fingerprint density at radius 3 is 2.72 bits per heavy atom. The van der Waals surface area contributed by atoms with Crippen LogP contribution >= 0.6 is 23.2 Å². The van der Waals surface area contributed by atoms with Gasteiger partial charge in [0, 0.05) is 23.7 Å². The Kier molecular flexibility index (Phi) is 4.27. The molecule has 0 radical (unpaired) electrons. The van der Waals surface area contributed by atoms with Gasteiger partial charge in [-0.25, -0.2) is 0 Å². The second-order valence-electron chi connectivity index (χ2n) is 4.34. The predicted octanol–water partition coefficient (Wildman–Crippen LogP) is 4.15. The van der Waals surface area contributed by atoms with Gasteiger partial charge < -0.3 is 9.84 Å². The smallest absolute Gasteiger partial charge is 0.171 e. The maximum atomic E-state index is 6.00. The first-order valence-electron chi connectivity index (χ1n) is 5.70. The highest BCUT2D eigenvalue weighted by Crippen LogP contribution is 2.30. The standard InChI is InChI=1S/C13H14Cl2N2O/c1-8(2)16-6-10-7-17-18-13(10)9-3-4-11(14)12(15)5-9/h3-5,7-8,16H,6H2,1-2H3. The van der Waals surface area contributed by atoms with Crippen LogP contribution in [0.2, 0.25) is 10.0 Å². The molecule has 2 rings (SSSR count). The average molecular weight is 285 g/mol. The van der Waals surface area contributed by atoms with Gasteiger partial charge in [-0.3, -0.25) is 0 Å². The van der Waals surface area contributed by atoms with Gasteiger partial charge in [-0.1, -0.05) is 42.2 Å². The first kappa shape index (κ1) is 13.4. The lowest BCUT2D eigenvalue weighted by Crippen LogP contribution is -2.21. The van der Waals surface area contributed by atoms with Crippen molar-refractivity contribution in [1.29, 1.82) is 0 Å². The summed E-state index contributed by atoms with van der Waals surface area (Å²) in [6.07, 6.45) is 1.72. The summed E-state index contributed by atoms with van der Waals surface area (Å²) >= 11 is 11.9.